The van der Waals surface area contributed by atoms with Gasteiger partial charge in [0.2, 0.25) is 0 Å². The van der Waals surface area contributed by atoms with Crippen LogP contribution in [0.1, 0.15) is 17.6 Å². The summed E-state index contributed by atoms with van der Waals surface area (Å²) in [7, 11) is 3.07. The number of aromatic nitrogens is 1. The van der Waals surface area contributed by atoms with Gasteiger partial charge in [-0.15, -0.1) is 35.3 Å². The Labute approximate surface area is 176 Å². The smallest absolute Gasteiger partial charge is 0.434 e. The molecule has 0 atom stereocenters. The highest BCUT2D eigenvalue weighted by molar-refractivity contribution is 14.0. The van der Waals surface area contributed by atoms with E-state index < -0.39 is 11.9 Å². The van der Waals surface area contributed by atoms with E-state index in [1.165, 1.54) is 7.11 Å². The van der Waals surface area contributed by atoms with Gasteiger partial charge in [-0.05, 0) is 19.1 Å². The summed E-state index contributed by atoms with van der Waals surface area (Å²) in [5, 5.41) is 7.36. The van der Waals surface area contributed by atoms with E-state index in [1.54, 1.807) is 25.3 Å². The predicted molar refractivity (Wildman–Crippen MR) is 111 cm³/mol. The van der Waals surface area contributed by atoms with Gasteiger partial charge in [-0.1, -0.05) is 0 Å². The van der Waals surface area contributed by atoms with Crippen LogP contribution in [0.5, 0.6) is 11.5 Å². The topological polar surface area (TPSA) is 67.8 Å². The minimum atomic E-state index is -4.44. The third-order valence-corrected chi connectivity index (χ3v) is 4.04. The third kappa shape index (κ3) is 6.72. The Bertz CT molecular complexity index is 768. The van der Waals surface area contributed by atoms with Crippen molar-refractivity contribution in [1.82, 2.24) is 10.3 Å². The number of guanidine groups is 1. The van der Waals surface area contributed by atoms with Gasteiger partial charge in [0.1, 0.15) is 5.01 Å². The zero-order valence-corrected chi connectivity index (χ0v) is 18.0. The maximum absolute atomic E-state index is 12.6. The zero-order chi connectivity index (χ0) is 19.2. The van der Waals surface area contributed by atoms with Gasteiger partial charge in [-0.2, -0.15) is 13.2 Å². The average molecular weight is 516 g/mol. The van der Waals surface area contributed by atoms with Gasteiger partial charge in [-0.25, -0.2) is 9.98 Å². The molecule has 0 saturated carbocycles. The lowest BCUT2D eigenvalue weighted by Gasteiger charge is -2.13. The van der Waals surface area contributed by atoms with E-state index in [0.29, 0.717) is 29.7 Å². The van der Waals surface area contributed by atoms with Crippen LogP contribution in [-0.2, 0) is 12.7 Å². The van der Waals surface area contributed by atoms with Crippen molar-refractivity contribution in [1.29, 1.82) is 0 Å². The van der Waals surface area contributed by atoms with Gasteiger partial charge in [0.15, 0.2) is 23.2 Å². The molecular formula is C16H20F3IN4O2S. The van der Waals surface area contributed by atoms with E-state index in [9.17, 15) is 13.2 Å². The highest BCUT2D eigenvalue weighted by atomic mass is 127. The highest BCUT2D eigenvalue weighted by Gasteiger charge is 2.33. The number of nitrogens with one attached hydrogen (secondary N) is 2. The number of rotatable bonds is 6. The average Bonchev–Trinajstić information content (AvgIpc) is 3.09. The molecule has 0 fully saturated rings. The summed E-state index contributed by atoms with van der Waals surface area (Å²) < 4.78 is 48.2. The minimum Gasteiger partial charge on any atom is -0.493 e. The molecule has 0 spiro atoms. The molecule has 0 aliphatic heterocycles. The number of hydrogen-bond acceptors (Lipinski definition) is 5. The number of alkyl halides is 3. The quantitative estimate of drug-likeness (QED) is 0.339. The van der Waals surface area contributed by atoms with E-state index in [4.69, 9.17) is 9.47 Å². The fourth-order valence-corrected chi connectivity index (χ4v) is 2.74. The summed E-state index contributed by atoms with van der Waals surface area (Å²) in [5.41, 5.74) is -0.206. The van der Waals surface area contributed by atoms with Crippen LogP contribution in [0, 0.1) is 0 Å². The number of methoxy groups -OCH3 is 2. The van der Waals surface area contributed by atoms with Crippen LogP contribution >= 0.6 is 35.3 Å². The first kappa shape index (κ1) is 23.3. The van der Waals surface area contributed by atoms with Crippen molar-refractivity contribution in [2.45, 2.75) is 19.6 Å². The molecule has 2 rings (SSSR count). The molecular weight excluding hydrogens is 496 g/mol. The second kappa shape index (κ2) is 10.5. The number of hydrogen-bond donors (Lipinski definition) is 2. The second-order valence-corrected chi connectivity index (χ2v) is 5.96. The fourth-order valence-electron chi connectivity index (χ4n) is 2.02. The lowest BCUT2D eigenvalue weighted by atomic mass is 10.3. The molecule has 0 unspecified atom stereocenters. The number of benzene rings is 1. The molecule has 0 amide bonds. The number of anilines is 1. The maximum Gasteiger partial charge on any atom is 0.434 e. The summed E-state index contributed by atoms with van der Waals surface area (Å²) in [6, 6.07) is 5.25. The van der Waals surface area contributed by atoms with E-state index in [-0.39, 0.29) is 35.5 Å². The Kier molecular flexibility index (Phi) is 9.09. The van der Waals surface area contributed by atoms with Crippen molar-refractivity contribution < 1.29 is 22.6 Å². The lowest BCUT2D eigenvalue weighted by molar-refractivity contribution is -0.140. The molecule has 11 heteroatoms. The fraction of sp³-hybridized carbons (Fsp3) is 0.375. The highest BCUT2D eigenvalue weighted by Crippen LogP contribution is 2.31. The van der Waals surface area contributed by atoms with E-state index in [1.807, 2.05) is 6.92 Å². The van der Waals surface area contributed by atoms with Gasteiger partial charge in [0.25, 0.3) is 0 Å². The van der Waals surface area contributed by atoms with Gasteiger partial charge in [0.05, 0.1) is 20.8 Å². The van der Waals surface area contributed by atoms with E-state index >= 15 is 0 Å². The number of ether oxygens (including phenoxy) is 2. The van der Waals surface area contributed by atoms with E-state index in [0.717, 1.165) is 16.7 Å². The largest absolute Gasteiger partial charge is 0.493 e. The van der Waals surface area contributed by atoms with Crippen molar-refractivity contribution in [3.05, 3.63) is 34.3 Å². The molecule has 2 N–H and O–H groups in total. The van der Waals surface area contributed by atoms with Gasteiger partial charge < -0.3 is 20.1 Å². The summed E-state index contributed by atoms with van der Waals surface area (Å²) in [6.45, 7) is 2.51. The van der Waals surface area contributed by atoms with Crippen LogP contribution in [0.3, 0.4) is 0 Å². The molecule has 150 valence electrons. The van der Waals surface area contributed by atoms with E-state index in [2.05, 4.69) is 20.6 Å². The molecule has 0 aliphatic rings. The van der Waals surface area contributed by atoms with Crippen LogP contribution in [0.25, 0.3) is 0 Å². The molecule has 1 aromatic carbocycles. The Hall–Kier alpha value is -1.76. The van der Waals surface area contributed by atoms with Crippen molar-refractivity contribution in [2.24, 2.45) is 4.99 Å². The lowest BCUT2D eigenvalue weighted by Crippen LogP contribution is -2.30. The molecule has 6 nitrogen and oxygen atoms in total. The third-order valence-electron chi connectivity index (χ3n) is 3.21. The molecule has 1 aromatic heterocycles. The summed E-state index contributed by atoms with van der Waals surface area (Å²) in [4.78, 5) is 7.84. The Morgan fingerprint density at radius 3 is 2.48 bits per heavy atom. The van der Waals surface area contributed by atoms with Crippen LogP contribution in [0.2, 0.25) is 0 Å². The van der Waals surface area contributed by atoms with Gasteiger partial charge >= 0.3 is 6.18 Å². The van der Waals surface area contributed by atoms with Crippen molar-refractivity contribution >= 4 is 47.0 Å². The molecule has 2 aromatic rings. The van der Waals surface area contributed by atoms with Crippen molar-refractivity contribution in [3.8, 4) is 11.5 Å². The Balaban J connectivity index is 0.00000364. The number of thiazole rings is 1. The van der Waals surface area contributed by atoms with Crippen molar-refractivity contribution in [2.75, 3.05) is 26.1 Å². The SMILES string of the molecule is CCNC(=NCc1nc(C(F)(F)F)cs1)Nc1ccc(OC)c(OC)c1.I. The standard InChI is InChI=1S/C16H19F3N4O2S.HI/c1-4-20-15(21-8-14-23-13(9-26-14)16(17,18)19)22-10-5-6-11(24-2)12(7-10)25-3;/h5-7,9H,4,8H2,1-3H3,(H2,20,21,22);1H. The number of nitrogens with zero attached hydrogens (tertiary/aromatic N) is 2. The summed E-state index contributed by atoms with van der Waals surface area (Å²) in [5.74, 6) is 1.55. The Morgan fingerprint density at radius 1 is 1.22 bits per heavy atom. The van der Waals surface area contributed by atoms with Crippen LogP contribution in [0.15, 0.2) is 28.6 Å². The molecule has 1 heterocycles. The number of aliphatic imine (C=N–C) groups is 1. The minimum absolute atomic E-state index is 0. The predicted octanol–water partition coefficient (Wildman–Crippen LogP) is 4.37. The normalized spacial score (nSPS) is 11.6. The van der Waals surface area contributed by atoms with Crippen LogP contribution < -0.4 is 20.1 Å². The molecule has 0 saturated heterocycles. The number of halogens is 4. The first-order chi connectivity index (χ1) is 12.4. The van der Waals surface area contributed by atoms with Crippen LogP contribution in [-0.4, -0.2) is 31.7 Å². The monoisotopic (exact) mass is 516 g/mol. The summed E-state index contributed by atoms with van der Waals surface area (Å²) in [6.07, 6.45) is -4.44. The second-order valence-electron chi connectivity index (χ2n) is 5.01. The zero-order valence-electron chi connectivity index (χ0n) is 14.9. The molecule has 0 aliphatic carbocycles. The van der Waals surface area contributed by atoms with Gasteiger partial charge in [-0.3, -0.25) is 0 Å². The van der Waals surface area contributed by atoms with Crippen molar-refractivity contribution in [3.63, 3.8) is 0 Å². The molecule has 27 heavy (non-hydrogen) atoms. The summed E-state index contributed by atoms with van der Waals surface area (Å²) >= 11 is 0.924. The molecule has 0 radical (unpaired) electrons. The Morgan fingerprint density at radius 2 is 1.93 bits per heavy atom. The first-order valence-corrected chi connectivity index (χ1v) is 8.54. The molecule has 0 bridgehead atoms. The van der Waals surface area contributed by atoms with Crippen LogP contribution in [0.4, 0.5) is 18.9 Å². The van der Waals surface area contributed by atoms with Gasteiger partial charge in [0, 0.05) is 23.7 Å². The maximum atomic E-state index is 12.6. The first-order valence-electron chi connectivity index (χ1n) is 7.66.